The van der Waals surface area contributed by atoms with Gasteiger partial charge in [0.1, 0.15) is 0 Å². The summed E-state index contributed by atoms with van der Waals surface area (Å²) in [6, 6.07) is 0. The summed E-state index contributed by atoms with van der Waals surface area (Å²) in [6.45, 7) is 7.65. The van der Waals surface area contributed by atoms with Gasteiger partial charge in [-0.05, 0) is 32.5 Å². The van der Waals surface area contributed by atoms with Gasteiger partial charge in [-0.15, -0.1) is 0 Å². The summed E-state index contributed by atoms with van der Waals surface area (Å²) in [5, 5.41) is 6.49. The van der Waals surface area contributed by atoms with Crippen LogP contribution in [-0.2, 0) is 0 Å². The minimum absolute atomic E-state index is 0.587. The molecule has 0 spiro atoms. The van der Waals surface area contributed by atoms with Gasteiger partial charge in [-0.25, -0.2) is 0 Å². The smallest absolute Gasteiger partial charge is 0.0428 e. The molecule has 0 aromatic carbocycles. The van der Waals surface area contributed by atoms with Crippen molar-refractivity contribution in [1.82, 2.24) is 10.6 Å². The van der Waals surface area contributed by atoms with E-state index in [1.807, 2.05) is 0 Å². The number of hydrogen-bond donors (Lipinski definition) is 3. The van der Waals surface area contributed by atoms with E-state index in [9.17, 15) is 0 Å². The summed E-state index contributed by atoms with van der Waals surface area (Å²) >= 11 is 0. The van der Waals surface area contributed by atoms with Crippen LogP contribution in [0.5, 0.6) is 0 Å². The molecule has 3 nitrogen and oxygen atoms in total. The fourth-order valence-electron chi connectivity index (χ4n) is 1.17. The van der Waals surface area contributed by atoms with Gasteiger partial charge < -0.3 is 16.4 Å². The predicted octanol–water partition coefficient (Wildman–Crippen LogP) is 0.866. The zero-order valence-electron chi connectivity index (χ0n) is 8.65. The molecule has 79 valence electrons. The molecule has 0 fully saturated rings. The van der Waals surface area contributed by atoms with Crippen LogP contribution in [0, 0.1) is 6.92 Å². The van der Waals surface area contributed by atoms with Crippen LogP contribution in [0.2, 0.25) is 0 Å². The molecule has 0 rings (SSSR count). The molecule has 3 heteroatoms. The Balaban J connectivity index is 2.76. The van der Waals surface area contributed by atoms with Crippen LogP contribution in [0.15, 0.2) is 0 Å². The van der Waals surface area contributed by atoms with Crippen molar-refractivity contribution in [2.45, 2.75) is 32.1 Å². The van der Waals surface area contributed by atoms with Crippen molar-refractivity contribution in [2.75, 3.05) is 26.3 Å². The molecule has 0 saturated heterocycles. The van der Waals surface area contributed by atoms with Crippen molar-refractivity contribution >= 4 is 0 Å². The van der Waals surface area contributed by atoms with Gasteiger partial charge in [0.15, 0.2) is 0 Å². The minimum atomic E-state index is 0.587. The highest BCUT2D eigenvalue weighted by Crippen LogP contribution is 1.96. The molecule has 1 radical (unpaired) electrons. The van der Waals surface area contributed by atoms with Gasteiger partial charge in [-0.2, -0.15) is 0 Å². The molecule has 0 saturated carbocycles. The topological polar surface area (TPSA) is 50.1 Å². The van der Waals surface area contributed by atoms with Gasteiger partial charge in [0.05, 0.1) is 0 Å². The number of nitrogens with one attached hydrogen (secondary N) is 2. The second kappa shape index (κ2) is 11.9. The molecule has 0 aromatic rings. The van der Waals surface area contributed by atoms with E-state index in [2.05, 4.69) is 17.6 Å². The lowest BCUT2D eigenvalue weighted by molar-refractivity contribution is 0.571. The largest absolute Gasteiger partial charge is 0.318 e. The lowest BCUT2D eigenvalue weighted by Gasteiger charge is -2.04. The number of unbranched alkanes of at least 4 members (excludes halogenated alkanes) is 3. The Labute approximate surface area is 82.5 Å². The second-order valence-corrected chi connectivity index (χ2v) is 3.22. The molecule has 0 atom stereocenters. The normalized spacial score (nSPS) is 10.6. The Morgan fingerprint density at radius 3 is 2.23 bits per heavy atom. The summed E-state index contributed by atoms with van der Waals surface area (Å²) in [6.07, 6.45) is 6.07. The van der Waals surface area contributed by atoms with Gasteiger partial charge in [0.25, 0.3) is 0 Å². The lowest BCUT2D eigenvalue weighted by Crippen LogP contribution is -2.26. The average Bonchev–Trinajstić information content (AvgIpc) is 2.16. The first-order valence-corrected chi connectivity index (χ1v) is 5.32. The van der Waals surface area contributed by atoms with E-state index in [4.69, 9.17) is 5.73 Å². The fraction of sp³-hybridized carbons (Fsp3) is 0.900. The van der Waals surface area contributed by atoms with Crippen LogP contribution < -0.4 is 16.4 Å². The molecule has 0 aliphatic heterocycles. The van der Waals surface area contributed by atoms with Crippen molar-refractivity contribution in [1.29, 1.82) is 0 Å². The second-order valence-electron chi connectivity index (χ2n) is 3.22. The Morgan fingerprint density at radius 1 is 0.846 bits per heavy atom. The first kappa shape index (κ1) is 12.9. The molecule has 0 unspecified atom stereocenters. The van der Waals surface area contributed by atoms with Crippen molar-refractivity contribution in [2.24, 2.45) is 5.73 Å². The number of nitrogens with two attached hydrogens (primary N) is 1. The third kappa shape index (κ3) is 11.9. The average molecular weight is 186 g/mol. The van der Waals surface area contributed by atoms with Crippen LogP contribution >= 0.6 is 0 Å². The monoisotopic (exact) mass is 186 g/mol. The quantitative estimate of drug-likeness (QED) is 0.350. The zero-order chi connectivity index (χ0) is 9.78. The Morgan fingerprint density at radius 2 is 1.54 bits per heavy atom. The molecular formula is C10H24N3. The van der Waals surface area contributed by atoms with Gasteiger partial charge in [-0.1, -0.05) is 26.2 Å². The summed E-state index contributed by atoms with van der Waals surface area (Å²) in [5.41, 5.74) is 5.29. The third-order valence-electron chi connectivity index (χ3n) is 1.95. The van der Waals surface area contributed by atoms with Crippen molar-refractivity contribution < 1.29 is 0 Å². The zero-order valence-corrected chi connectivity index (χ0v) is 8.65. The maximum Gasteiger partial charge on any atom is 0.0428 e. The van der Waals surface area contributed by atoms with Crippen LogP contribution in [0.1, 0.15) is 32.1 Å². The van der Waals surface area contributed by atoms with Gasteiger partial charge in [0.2, 0.25) is 0 Å². The van der Waals surface area contributed by atoms with E-state index in [0.717, 1.165) is 32.5 Å². The van der Waals surface area contributed by atoms with Gasteiger partial charge in [-0.3, -0.25) is 0 Å². The maximum absolute atomic E-state index is 5.29. The summed E-state index contributed by atoms with van der Waals surface area (Å²) in [4.78, 5) is 0. The van der Waals surface area contributed by atoms with E-state index >= 15 is 0 Å². The Hall–Kier alpha value is -0.120. The summed E-state index contributed by atoms with van der Waals surface area (Å²) in [7, 11) is 0. The molecular weight excluding hydrogens is 162 g/mol. The summed E-state index contributed by atoms with van der Waals surface area (Å²) in [5.74, 6) is 0. The van der Waals surface area contributed by atoms with Crippen molar-refractivity contribution in [3.8, 4) is 0 Å². The minimum Gasteiger partial charge on any atom is -0.318 e. The first-order chi connectivity index (χ1) is 6.41. The SMILES string of the molecule is [CH2]CCCCCNCCCNCN. The lowest BCUT2D eigenvalue weighted by atomic mass is 10.2. The summed E-state index contributed by atoms with van der Waals surface area (Å²) < 4.78 is 0. The predicted molar refractivity (Wildman–Crippen MR) is 58.4 cm³/mol. The van der Waals surface area contributed by atoms with Crippen molar-refractivity contribution in [3.05, 3.63) is 6.92 Å². The van der Waals surface area contributed by atoms with Gasteiger partial charge >= 0.3 is 0 Å². The first-order valence-electron chi connectivity index (χ1n) is 5.32. The van der Waals surface area contributed by atoms with E-state index in [1.165, 1.54) is 19.3 Å². The van der Waals surface area contributed by atoms with Gasteiger partial charge in [0, 0.05) is 6.67 Å². The van der Waals surface area contributed by atoms with E-state index in [-0.39, 0.29) is 0 Å². The Bertz CT molecular complexity index is 76.2. The molecule has 0 aliphatic carbocycles. The van der Waals surface area contributed by atoms with E-state index in [0.29, 0.717) is 6.67 Å². The maximum atomic E-state index is 5.29. The van der Waals surface area contributed by atoms with Crippen LogP contribution in [-0.4, -0.2) is 26.3 Å². The molecule has 0 amide bonds. The fourth-order valence-corrected chi connectivity index (χ4v) is 1.17. The van der Waals surface area contributed by atoms with Crippen LogP contribution in [0.25, 0.3) is 0 Å². The molecule has 0 aromatic heterocycles. The number of hydrogen-bond acceptors (Lipinski definition) is 3. The van der Waals surface area contributed by atoms with E-state index < -0.39 is 0 Å². The highest BCUT2D eigenvalue weighted by atomic mass is 15.0. The van der Waals surface area contributed by atoms with Crippen LogP contribution in [0.4, 0.5) is 0 Å². The molecule has 13 heavy (non-hydrogen) atoms. The Kier molecular flexibility index (Phi) is 11.8. The standard InChI is InChI=1S/C10H24N3/c1-2-3-4-5-7-12-8-6-9-13-10-11/h12-13H,1-11H2. The molecule has 0 aliphatic rings. The van der Waals surface area contributed by atoms with Crippen LogP contribution in [0.3, 0.4) is 0 Å². The third-order valence-corrected chi connectivity index (χ3v) is 1.95. The molecule has 4 N–H and O–H groups in total. The molecule has 0 bridgehead atoms. The van der Waals surface area contributed by atoms with Crippen molar-refractivity contribution in [3.63, 3.8) is 0 Å². The highest BCUT2D eigenvalue weighted by molar-refractivity contribution is 4.51. The van der Waals surface area contributed by atoms with E-state index in [1.54, 1.807) is 0 Å². The highest BCUT2D eigenvalue weighted by Gasteiger charge is 1.88. The number of rotatable bonds is 10. The molecule has 0 heterocycles.